The molecule has 0 saturated carbocycles. The van der Waals surface area contributed by atoms with Crippen LogP contribution in [0.15, 0.2) is 0 Å². The molecular weight excluding hydrogens is 424 g/mol. The molecule has 0 N–H and O–H groups in total. The van der Waals surface area contributed by atoms with Gasteiger partial charge < -0.3 is 14.2 Å². The standard InChI is InChI=1S/C30H60O4/c1-3-5-7-9-11-12-13-14-15-16-17-18-20-22-27-34-30(31)24-23-26-33-29-28-32-25-21-19-10-8-6-4-2/h3-29H2,1-2H3. The average molecular weight is 485 g/mol. The molecule has 0 bridgehead atoms. The molecule has 0 fully saturated rings. The molecule has 0 radical (unpaired) electrons. The van der Waals surface area contributed by atoms with E-state index in [0.717, 1.165) is 25.9 Å². The second kappa shape index (κ2) is 30.4. The molecule has 4 nitrogen and oxygen atoms in total. The Hall–Kier alpha value is -0.610. The molecule has 4 heteroatoms. The van der Waals surface area contributed by atoms with Gasteiger partial charge in [-0.25, -0.2) is 0 Å². The van der Waals surface area contributed by atoms with Gasteiger partial charge in [0, 0.05) is 19.6 Å². The summed E-state index contributed by atoms with van der Waals surface area (Å²) in [5.41, 5.74) is 0. The summed E-state index contributed by atoms with van der Waals surface area (Å²) in [4.78, 5) is 11.8. The van der Waals surface area contributed by atoms with Crippen molar-refractivity contribution in [1.82, 2.24) is 0 Å². The molecule has 0 spiro atoms. The number of esters is 1. The first-order valence-electron chi connectivity index (χ1n) is 15.1. The minimum atomic E-state index is -0.0855. The van der Waals surface area contributed by atoms with E-state index in [2.05, 4.69) is 13.8 Å². The normalized spacial score (nSPS) is 11.2. The van der Waals surface area contributed by atoms with Crippen molar-refractivity contribution in [3.05, 3.63) is 0 Å². The summed E-state index contributed by atoms with van der Waals surface area (Å²) < 4.78 is 16.5. The first-order valence-corrected chi connectivity index (χ1v) is 15.1. The van der Waals surface area contributed by atoms with Crippen LogP contribution in [0.3, 0.4) is 0 Å². The minimum absolute atomic E-state index is 0.0855. The van der Waals surface area contributed by atoms with E-state index in [1.807, 2.05) is 0 Å². The van der Waals surface area contributed by atoms with E-state index < -0.39 is 0 Å². The van der Waals surface area contributed by atoms with Gasteiger partial charge in [0.1, 0.15) is 0 Å². The summed E-state index contributed by atoms with van der Waals surface area (Å²) in [5.74, 6) is -0.0855. The number of carbonyl (C=O) groups excluding carboxylic acids is 1. The Morgan fingerprint density at radius 1 is 0.412 bits per heavy atom. The van der Waals surface area contributed by atoms with Gasteiger partial charge in [0.2, 0.25) is 0 Å². The second-order valence-electron chi connectivity index (χ2n) is 9.91. The summed E-state index contributed by atoms with van der Waals surface area (Å²) in [6.07, 6.45) is 27.7. The predicted octanol–water partition coefficient (Wildman–Crippen LogP) is 9.18. The van der Waals surface area contributed by atoms with E-state index in [9.17, 15) is 4.79 Å². The molecule has 0 amide bonds. The summed E-state index contributed by atoms with van der Waals surface area (Å²) in [7, 11) is 0. The van der Waals surface area contributed by atoms with Crippen molar-refractivity contribution in [3.8, 4) is 0 Å². The van der Waals surface area contributed by atoms with Crippen LogP contribution < -0.4 is 0 Å². The van der Waals surface area contributed by atoms with Crippen molar-refractivity contribution < 1.29 is 19.0 Å². The number of unbranched alkanes of at least 4 members (excludes halogenated alkanes) is 18. The topological polar surface area (TPSA) is 44.8 Å². The summed E-state index contributed by atoms with van der Waals surface area (Å²) in [6, 6.07) is 0. The molecule has 204 valence electrons. The van der Waals surface area contributed by atoms with Crippen molar-refractivity contribution in [2.24, 2.45) is 0 Å². The third kappa shape index (κ3) is 29.4. The number of hydrogen-bond acceptors (Lipinski definition) is 4. The first-order chi connectivity index (χ1) is 16.8. The average Bonchev–Trinajstić information content (AvgIpc) is 2.84. The maximum Gasteiger partial charge on any atom is 0.305 e. The highest BCUT2D eigenvalue weighted by atomic mass is 16.5. The van der Waals surface area contributed by atoms with E-state index in [1.165, 1.54) is 116 Å². The monoisotopic (exact) mass is 484 g/mol. The molecule has 0 atom stereocenters. The molecule has 0 unspecified atom stereocenters. The van der Waals surface area contributed by atoms with Crippen LogP contribution in [0.2, 0.25) is 0 Å². The van der Waals surface area contributed by atoms with Crippen molar-refractivity contribution >= 4 is 5.97 Å². The van der Waals surface area contributed by atoms with Crippen LogP contribution in [0.1, 0.15) is 155 Å². The molecule has 0 aromatic carbocycles. The predicted molar refractivity (Wildman–Crippen MR) is 146 cm³/mol. The highest BCUT2D eigenvalue weighted by Crippen LogP contribution is 2.13. The largest absolute Gasteiger partial charge is 0.466 e. The second-order valence-corrected chi connectivity index (χ2v) is 9.91. The molecule has 0 aromatic rings. The quantitative estimate of drug-likeness (QED) is 0.0784. The molecule has 34 heavy (non-hydrogen) atoms. The van der Waals surface area contributed by atoms with Gasteiger partial charge in [-0.2, -0.15) is 0 Å². The van der Waals surface area contributed by atoms with Crippen molar-refractivity contribution in [3.63, 3.8) is 0 Å². The number of carbonyl (C=O) groups is 1. The van der Waals surface area contributed by atoms with Gasteiger partial charge in [-0.15, -0.1) is 0 Å². The van der Waals surface area contributed by atoms with Gasteiger partial charge in [-0.3, -0.25) is 4.79 Å². The lowest BCUT2D eigenvalue weighted by Gasteiger charge is -2.07. The third-order valence-corrected chi connectivity index (χ3v) is 6.44. The Bertz CT molecular complexity index is 386. The molecule has 0 heterocycles. The Labute approximate surface area is 213 Å². The summed E-state index contributed by atoms with van der Waals surface area (Å²) in [6.45, 7) is 7.80. The van der Waals surface area contributed by atoms with Crippen LogP contribution in [-0.2, 0) is 19.0 Å². The zero-order chi connectivity index (χ0) is 24.8. The number of ether oxygens (including phenoxy) is 3. The first kappa shape index (κ1) is 33.4. The van der Waals surface area contributed by atoms with Crippen molar-refractivity contribution in [2.45, 2.75) is 155 Å². The zero-order valence-electron chi connectivity index (χ0n) is 23.2. The van der Waals surface area contributed by atoms with Crippen molar-refractivity contribution in [1.29, 1.82) is 0 Å². The van der Waals surface area contributed by atoms with Crippen LogP contribution in [-0.4, -0.2) is 39.0 Å². The number of hydrogen-bond donors (Lipinski definition) is 0. The highest BCUT2D eigenvalue weighted by Gasteiger charge is 2.03. The molecule has 0 saturated heterocycles. The number of rotatable bonds is 29. The lowest BCUT2D eigenvalue weighted by atomic mass is 10.0. The van der Waals surface area contributed by atoms with Crippen LogP contribution in [0.4, 0.5) is 0 Å². The fourth-order valence-corrected chi connectivity index (χ4v) is 4.18. The van der Waals surface area contributed by atoms with Crippen molar-refractivity contribution in [2.75, 3.05) is 33.0 Å². The van der Waals surface area contributed by atoms with Gasteiger partial charge in [0.25, 0.3) is 0 Å². The Kier molecular flexibility index (Phi) is 29.9. The molecule has 0 aliphatic carbocycles. The SMILES string of the molecule is CCCCCCCCCCCCCCCCOC(=O)CCCOCCOCCCCCCCC. The Morgan fingerprint density at radius 3 is 1.21 bits per heavy atom. The van der Waals surface area contributed by atoms with Gasteiger partial charge in [-0.1, -0.05) is 129 Å². The van der Waals surface area contributed by atoms with Gasteiger partial charge in [0.05, 0.1) is 19.8 Å². The maximum absolute atomic E-state index is 11.8. The Balaban J connectivity index is 3.14. The molecule has 0 aromatic heterocycles. The maximum atomic E-state index is 11.8. The molecule has 0 rings (SSSR count). The lowest BCUT2D eigenvalue weighted by Crippen LogP contribution is -2.09. The van der Waals surface area contributed by atoms with Crippen LogP contribution in [0.25, 0.3) is 0 Å². The summed E-state index contributed by atoms with van der Waals surface area (Å²) in [5, 5.41) is 0. The van der Waals surface area contributed by atoms with E-state index in [0.29, 0.717) is 32.8 Å². The molecular formula is C30H60O4. The van der Waals surface area contributed by atoms with E-state index in [1.54, 1.807) is 0 Å². The van der Waals surface area contributed by atoms with Crippen LogP contribution in [0, 0.1) is 0 Å². The van der Waals surface area contributed by atoms with Gasteiger partial charge >= 0.3 is 5.97 Å². The van der Waals surface area contributed by atoms with E-state index in [-0.39, 0.29) is 5.97 Å². The Morgan fingerprint density at radius 2 is 0.765 bits per heavy atom. The lowest BCUT2D eigenvalue weighted by molar-refractivity contribution is -0.144. The third-order valence-electron chi connectivity index (χ3n) is 6.44. The molecule has 0 aliphatic heterocycles. The molecule has 0 aliphatic rings. The van der Waals surface area contributed by atoms with Gasteiger partial charge in [-0.05, 0) is 19.3 Å². The van der Waals surface area contributed by atoms with Gasteiger partial charge in [0.15, 0.2) is 0 Å². The summed E-state index contributed by atoms with van der Waals surface area (Å²) >= 11 is 0. The minimum Gasteiger partial charge on any atom is -0.466 e. The highest BCUT2D eigenvalue weighted by molar-refractivity contribution is 5.69. The van der Waals surface area contributed by atoms with E-state index >= 15 is 0 Å². The van der Waals surface area contributed by atoms with E-state index in [4.69, 9.17) is 14.2 Å². The van der Waals surface area contributed by atoms with Crippen LogP contribution in [0.5, 0.6) is 0 Å². The van der Waals surface area contributed by atoms with Crippen LogP contribution >= 0.6 is 0 Å². The smallest absolute Gasteiger partial charge is 0.305 e. The fraction of sp³-hybridized carbons (Fsp3) is 0.967. The fourth-order valence-electron chi connectivity index (χ4n) is 4.18. The zero-order valence-corrected chi connectivity index (χ0v) is 23.2.